The molecule has 2 aromatic heterocycles. The summed E-state index contributed by atoms with van der Waals surface area (Å²) < 4.78 is 8.29. The fraction of sp³-hybridized carbons (Fsp3) is 0.462. The quantitative estimate of drug-likeness (QED) is 0.564. The third kappa shape index (κ3) is 5.49. The fourth-order valence-corrected chi connectivity index (χ4v) is 5.37. The molecule has 1 aromatic carbocycles. The summed E-state index contributed by atoms with van der Waals surface area (Å²) in [6, 6.07) is 11.6. The number of fused-ring (bicyclic) bond motifs is 3. The van der Waals surface area contributed by atoms with Gasteiger partial charge in [0.25, 0.3) is 0 Å². The van der Waals surface area contributed by atoms with E-state index in [4.69, 9.17) is 16.3 Å². The lowest BCUT2D eigenvalue weighted by Gasteiger charge is -2.28. The Labute approximate surface area is 210 Å². The molecule has 0 bridgehead atoms. The zero-order valence-corrected chi connectivity index (χ0v) is 20.9. The third-order valence-corrected chi connectivity index (χ3v) is 6.96. The molecule has 3 aromatic rings. The highest BCUT2D eigenvalue weighted by atomic mass is 35.5. The van der Waals surface area contributed by atoms with Crippen molar-refractivity contribution in [1.29, 1.82) is 0 Å². The molecule has 0 radical (unpaired) electrons. The first kappa shape index (κ1) is 23.8. The predicted octanol–water partition coefficient (Wildman–Crippen LogP) is 3.57. The minimum Gasteiger partial charge on any atom is -0.474 e. The van der Waals surface area contributed by atoms with Crippen molar-refractivity contribution in [3.05, 3.63) is 64.8 Å². The van der Waals surface area contributed by atoms with Crippen molar-refractivity contribution in [1.82, 2.24) is 30.0 Å². The molecule has 1 N–H and O–H groups in total. The Balaban J connectivity index is 1.37. The van der Waals surface area contributed by atoms with E-state index in [1.807, 2.05) is 55.4 Å². The molecule has 1 aliphatic heterocycles. The Morgan fingerprint density at radius 3 is 2.71 bits per heavy atom. The highest BCUT2D eigenvalue weighted by Gasteiger charge is 2.32. The van der Waals surface area contributed by atoms with E-state index in [0.717, 1.165) is 48.6 Å². The molecule has 184 valence electrons. The van der Waals surface area contributed by atoms with Crippen LogP contribution in [0.5, 0.6) is 5.88 Å². The van der Waals surface area contributed by atoms with Gasteiger partial charge in [0.15, 0.2) is 0 Å². The van der Waals surface area contributed by atoms with Crippen LogP contribution in [0.3, 0.4) is 0 Å². The molecular weight excluding hydrogens is 464 g/mol. The lowest BCUT2D eigenvalue weighted by atomic mass is 9.86. The Kier molecular flexibility index (Phi) is 7.02. The van der Waals surface area contributed by atoms with Crippen molar-refractivity contribution >= 4 is 17.5 Å². The van der Waals surface area contributed by atoms with E-state index in [9.17, 15) is 4.79 Å². The van der Waals surface area contributed by atoms with Crippen LogP contribution >= 0.6 is 11.6 Å². The second-order valence-corrected chi connectivity index (χ2v) is 10.2. The maximum absolute atomic E-state index is 12.5. The summed E-state index contributed by atoms with van der Waals surface area (Å²) in [5.74, 6) is 2.84. The van der Waals surface area contributed by atoms with Crippen LogP contribution in [0, 0.1) is 0 Å². The fourth-order valence-electron chi connectivity index (χ4n) is 5.17. The number of hydrogen-bond donors (Lipinski definition) is 1. The smallest absolute Gasteiger partial charge is 0.234 e. The number of carbonyl (C=O) groups is 1. The molecule has 1 atom stereocenters. The highest BCUT2D eigenvalue weighted by molar-refractivity contribution is 6.30. The van der Waals surface area contributed by atoms with Gasteiger partial charge in [-0.3, -0.25) is 9.36 Å². The molecule has 35 heavy (non-hydrogen) atoms. The summed E-state index contributed by atoms with van der Waals surface area (Å²) in [5.41, 5.74) is 2.15. The minimum atomic E-state index is -0.0690. The summed E-state index contributed by atoms with van der Waals surface area (Å²) in [6.07, 6.45) is 7.07. The number of amides is 1. The molecule has 0 saturated heterocycles. The summed E-state index contributed by atoms with van der Waals surface area (Å²) in [4.78, 5) is 18.7. The number of hydrogen-bond acceptors (Lipinski definition) is 6. The van der Waals surface area contributed by atoms with Crippen LogP contribution in [-0.4, -0.2) is 63.3 Å². The maximum Gasteiger partial charge on any atom is 0.234 e. The van der Waals surface area contributed by atoms with E-state index in [1.165, 1.54) is 0 Å². The Morgan fingerprint density at radius 1 is 1.14 bits per heavy atom. The molecule has 1 fully saturated rings. The molecule has 8 nitrogen and oxygen atoms in total. The van der Waals surface area contributed by atoms with Gasteiger partial charge in [-0.15, -0.1) is 10.2 Å². The molecule has 0 spiro atoms. The number of rotatable bonds is 6. The first-order chi connectivity index (χ1) is 17.0. The first-order valence-corrected chi connectivity index (χ1v) is 12.6. The monoisotopic (exact) mass is 494 g/mol. The predicted molar refractivity (Wildman–Crippen MR) is 134 cm³/mol. The van der Waals surface area contributed by atoms with E-state index in [-0.39, 0.29) is 18.1 Å². The van der Waals surface area contributed by atoms with E-state index in [1.54, 1.807) is 6.20 Å². The number of nitrogens with one attached hydrogen (secondary N) is 1. The lowest BCUT2D eigenvalue weighted by Crippen LogP contribution is -2.42. The molecule has 9 heteroatoms. The average molecular weight is 495 g/mol. The zero-order valence-electron chi connectivity index (χ0n) is 20.2. The second kappa shape index (κ2) is 10.3. The summed E-state index contributed by atoms with van der Waals surface area (Å²) in [5, 5.41) is 13.1. The number of nitrogens with zero attached hydrogens (tertiary/aromatic N) is 5. The number of pyridine rings is 1. The zero-order chi connectivity index (χ0) is 24.4. The van der Waals surface area contributed by atoms with Gasteiger partial charge in [-0.25, -0.2) is 4.98 Å². The van der Waals surface area contributed by atoms with Gasteiger partial charge >= 0.3 is 0 Å². The molecule has 3 heterocycles. The van der Waals surface area contributed by atoms with Gasteiger partial charge in [-0.2, -0.15) is 0 Å². The number of carbonyl (C=O) groups excluding carboxylic acids is 1. The Morgan fingerprint density at radius 2 is 1.97 bits per heavy atom. The molecule has 5 rings (SSSR count). The summed E-state index contributed by atoms with van der Waals surface area (Å²) >= 11 is 6.37. The largest absolute Gasteiger partial charge is 0.474 e. The van der Waals surface area contributed by atoms with Crippen molar-refractivity contribution in [3.63, 3.8) is 0 Å². The standard InChI is InChI=1S/C26H31ClN6O2/c1-32(2)16-24(34)29-20-14-18-13-19(27)8-11-22(18)33-23(15-20)30-31-26(33)17-6-9-21(10-7-17)35-25-5-3-4-12-28-25/h3-5,8,11-13,17,20-21H,6-7,9-10,14-16H2,1-2H3,(H,29,34). The molecule has 1 saturated carbocycles. The number of ether oxygens (including phenoxy) is 1. The van der Waals surface area contributed by atoms with Crippen LogP contribution < -0.4 is 10.1 Å². The summed E-state index contributed by atoms with van der Waals surface area (Å²) in [7, 11) is 3.78. The number of benzene rings is 1. The molecular formula is C26H31ClN6O2. The van der Waals surface area contributed by atoms with Crippen molar-refractivity contribution < 1.29 is 9.53 Å². The number of likely N-dealkylation sites (N-methyl/N-ethyl adjacent to an activating group) is 1. The number of aromatic nitrogens is 4. The van der Waals surface area contributed by atoms with E-state index in [0.29, 0.717) is 36.2 Å². The van der Waals surface area contributed by atoms with E-state index >= 15 is 0 Å². The van der Waals surface area contributed by atoms with Gasteiger partial charge in [0, 0.05) is 35.7 Å². The molecule has 1 unspecified atom stereocenters. The van der Waals surface area contributed by atoms with E-state index in [2.05, 4.69) is 25.1 Å². The topological polar surface area (TPSA) is 85.2 Å². The van der Waals surface area contributed by atoms with Gasteiger partial charge in [-0.1, -0.05) is 17.7 Å². The van der Waals surface area contributed by atoms with Crippen LogP contribution in [-0.2, 0) is 17.6 Å². The van der Waals surface area contributed by atoms with Crippen molar-refractivity contribution in [2.45, 2.75) is 56.6 Å². The van der Waals surface area contributed by atoms with E-state index < -0.39 is 0 Å². The SMILES string of the molecule is CN(C)CC(=O)NC1Cc2cc(Cl)ccc2-n2c(nnc2C2CCC(Oc3ccccn3)CC2)C1. The van der Waals surface area contributed by atoms with Crippen molar-refractivity contribution in [2.24, 2.45) is 0 Å². The normalized spacial score (nSPS) is 21.7. The van der Waals surface area contributed by atoms with Crippen molar-refractivity contribution in [2.75, 3.05) is 20.6 Å². The van der Waals surface area contributed by atoms with Crippen LogP contribution in [0.1, 0.15) is 48.8 Å². The minimum absolute atomic E-state index is 0.00277. The van der Waals surface area contributed by atoms with Gasteiger partial charge in [0.2, 0.25) is 11.8 Å². The Bertz CT molecular complexity index is 1170. The molecule has 1 aliphatic carbocycles. The third-order valence-electron chi connectivity index (χ3n) is 6.72. The average Bonchev–Trinajstić information content (AvgIpc) is 3.16. The van der Waals surface area contributed by atoms with Gasteiger partial charge in [0.1, 0.15) is 17.8 Å². The second-order valence-electron chi connectivity index (χ2n) is 9.75. The molecule has 1 amide bonds. The van der Waals surface area contributed by atoms with Crippen LogP contribution in [0.4, 0.5) is 0 Å². The first-order valence-electron chi connectivity index (χ1n) is 12.2. The van der Waals surface area contributed by atoms with Crippen LogP contribution in [0.25, 0.3) is 5.69 Å². The maximum atomic E-state index is 12.5. The van der Waals surface area contributed by atoms with Gasteiger partial charge in [-0.05, 0) is 76.0 Å². The van der Waals surface area contributed by atoms with Crippen LogP contribution in [0.2, 0.25) is 5.02 Å². The van der Waals surface area contributed by atoms with Gasteiger partial charge < -0.3 is 15.0 Å². The van der Waals surface area contributed by atoms with Crippen LogP contribution in [0.15, 0.2) is 42.6 Å². The Hall–Kier alpha value is -2.97. The van der Waals surface area contributed by atoms with Crippen molar-refractivity contribution in [3.8, 4) is 11.6 Å². The number of halogens is 1. The highest BCUT2D eigenvalue weighted by Crippen LogP contribution is 2.37. The molecule has 2 aliphatic rings. The lowest BCUT2D eigenvalue weighted by molar-refractivity contribution is -0.122. The van der Waals surface area contributed by atoms with Gasteiger partial charge in [0.05, 0.1) is 12.2 Å². The summed E-state index contributed by atoms with van der Waals surface area (Å²) in [6.45, 7) is 0.348.